The number of halogens is 1. The second-order valence-electron chi connectivity index (χ2n) is 9.24. The summed E-state index contributed by atoms with van der Waals surface area (Å²) >= 11 is 0. The summed E-state index contributed by atoms with van der Waals surface area (Å²) in [6.45, 7) is 8.10. The zero-order valence-electron chi connectivity index (χ0n) is 22.0. The van der Waals surface area contributed by atoms with Gasteiger partial charge < -0.3 is 25.2 Å². The predicted octanol–water partition coefficient (Wildman–Crippen LogP) is 3.84. The Kier molecular flexibility index (Phi) is 11.1. The Bertz CT molecular complexity index is 1150. The Balaban J connectivity index is 0.000000459. The van der Waals surface area contributed by atoms with Crippen molar-refractivity contribution in [1.29, 1.82) is 0 Å². The van der Waals surface area contributed by atoms with Crippen LogP contribution < -0.4 is 10.2 Å². The second kappa shape index (κ2) is 14.7. The number of hydrogen-bond donors (Lipinski definition) is 3. The van der Waals surface area contributed by atoms with Crippen molar-refractivity contribution in [2.75, 3.05) is 44.2 Å². The van der Waals surface area contributed by atoms with Crippen LogP contribution in [0.3, 0.4) is 0 Å². The highest BCUT2D eigenvalue weighted by atomic mass is 19.1. The summed E-state index contributed by atoms with van der Waals surface area (Å²) in [5.41, 5.74) is 1.57. The Morgan fingerprint density at radius 3 is 2.26 bits per heavy atom. The van der Waals surface area contributed by atoms with E-state index >= 15 is 0 Å². The lowest BCUT2D eigenvalue weighted by atomic mass is 10.0. The third-order valence-electron chi connectivity index (χ3n) is 6.32. The van der Waals surface area contributed by atoms with Gasteiger partial charge in [-0.1, -0.05) is 30.3 Å². The molecule has 0 radical (unpaired) electrons. The SMILES string of the molecule is CC1(c2ccc(F)cc2)N=CC=C(OCCCCN2CCN(c3ccccc3)CC2)N1.O=C(O)C=CC(=O)O. The van der Waals surface area contributed by atoms with Gasteiger partial charge >= 0.3 is 11.9 Å². The zero-order valence-corrected chi connectivity index (χ0v) is 22.0. The highest BCUT2D eigenvalue weighted by molar-refractivity contribution is 5.89. The standard InChI is InChI=1S/C25H31FN4O.C4H4O4/c1-25(21-9-11-22(26)12-10-21)27-14-13-24(28-25)31-20-6-5-15-29-16-18-30(19-17-29)23-7-3-2-4-8-23;5-3(6)1-2-4(7)8/h2-4,7-14,28H,5-6,15-20H2,1H3;1-2H,(H,5,6)(H,7,8). The van der Waals surface area contributed by atoms with Gasteiger partial charge in [-0.15, -0.1) is 0 Å². The van der Waals surface area contributed by atoms with E-state index < -0.39 is 17.6 Å². The number of carboxylic acids is 2. The molecular formula is C29H35FN4O5. The van der Waals surface area contributed by atoms with E-state index in [-0.39, 0.29) is 5.82 Å². The fourth-order valence-corrected chi connectivity index (χ4v) is 4.20. The average Bonchev–Trinajstić information content (AvgIpc) is 2.93. The second-order valence-corrected chi connectivity index (χ2v) is 9.24. The molecule has 2 aliphatic heterocycles. The molecule has 0 aliphatic carbocycles. The van der Waals surface area contributed by atoms with Crippen LogP contribution in [-0.4, -0.2) is 72.6 Å². The van der Waals surface area contributed by atoms with Crippen LogP contribution in [-0.2, 0) is 20.0 Å². The first-order valence-corrected chi connectivity index (χ1v) is 12.8. The summed E-state index contributed by atoms with van der Waals surface area (Å²) in [6.07, 6.45) is 6.82. The lowest BCUT2D eigenvalue weighted by Gasteiger charge is -2.36. The third-order valence-corrected chi connectivity index (χ3v) is 6.32. The van der Waals surface area contributed by atoms with E-state index in [9.17, 15) is 14.0 Å². The number of benzene rings is 2. The van der Waals surface area contributed by atoms with Gasteiger partial charge in [-0.05, 0) is 56.1 Å². The van der Waals surface area contributed by atoms with E-state index in [1.807, 2.05) is 13.0 Å². The summed E-state index contributed by atoms with van der Waals surface area (Å²) < 4.78 is 19.2. The van der Waals surface area contributed by atoms with Crippen molar-refractivity contribution in [3.05, 3.63) is 90.1 Å². The fourth-order valence-electron chi connectivity index (χ4n) is 4.20. The molecule has 39 heavy (non-hydrogen) atoms. The number of nitrogens with zero attached hydrogens (tertiary/aromatic N) is 3. The van der Waals surface area contributed by atoms with Crippen LogP contribution >= 0.6 is 0 Å². The van der Waals surface area contributed by atoms with Gasteiger partial charge in [-0.3, -0.25) is 9.89 Å². The first-order chi connectivity index (χ1) is 18.7. The van der Waals surface area contributed by atoms with Crippen molar-refractivity contribution in [2.45, 2.75) is 25.4 Å². The Hall–Kier alpha value is -4.18. The molecule has 2 aliphatic rings. The van der Waals surface area contributed by atoms with Crippen LogP contribution in [0, 0.1) is 5.82 Å². The third kappa shape index (κ3) is 9.90. The van der Waals surface area contributed by atoms with Crippen molar-refractivity contribution in [3.63, 3.8) is 0 Å². The van der Waals surface area contributed by atoms with E-state index in [2.05, 4.69) is 50.4 Å². The number of aliphatic imine (C=N–C) groups is 1. The van der Waals surface area contributed by atoms with Gasteiger partial charge in [0.25, 0.3) is 0 Å². The number of aliphatic carboxylic acids is 2. The van der Waals surface area contributed by atoms with Gasteiger partial charge in [0.05, 0.1) is 6.61 Å². The number of allylic oxidation sites excluding steroid dienone is 1. The normalized spacial score (nSPS) is 19.0. The topological polar surface area (TPSA) is 115 Å². The number of piperazine rings is 1. The Morgan fingerprint density at radius 2 is 1.64 bits per heavy atom. The van der Waals surface area contributed by atoms with E-state index in [4.69, 9.17) is 14.9 Å². The number of para-hydroxylation sites is 1. The molecule has 1 saturated heterocycles. The van der Waals surface area contributed by atoms with Gasteiger partial charge in [-0.2, -0.15) is 0 Å². The first-order valence-electron chi connectivity index (χ1n) is 12.8. The number of carboxylic acid groups (broad SMARTS) is 2. The van der Waals surface area contributed by atoms with E-state index in [1.54, 1.807) is 18.3 Å². The van der Waals surface area contributed by atoms with Crippen LogP contribution in [0.15, 0.2) is 83.7 Å². The predicted molar refractivity (Wildman–Crippen MR) is 148 cm³/mol. The van der Waals surface area contributed by atoms with Gasteiger partial charge in [0.2, 0.25) is 0 Å². The van der Waals surface area contributed by atoms with Crippen LogP contribution in [0.5, 0.6) is 0 Å². The minimum Gasteiger partial charge on any atom is -0.479 e. The minimum atomic E-state index is -1.26. The molecule has 0 saturated carbocycles. The molecule has 2 aromatic carbocycles. The highest BCUT2D eigenvalue weighted by Gasteiger charge is 2.28. The van der Waals surface area contributed by atoms with Crippen LogP contribution in [0.2, 0.25) is 0 Å². The van der Waals surface area contributed by atoms with Crippen molar-refractivity contribution in [3.8, 4) is 0 Å². The maximum absolute atomic E-state index is 13.2. The van der Waals surface area contributed by atoms with Crippen molar-refractivity contribution in [1.82, 2.24) is 10.2 Å². The van der Waals surface area contributed by atoms with Crippen LogP contribution in [0.1, 0.15) is 25.3 Å². The number of hydrogen-bond acceptors (Lipinski definition) is 7. The van der Waals surface area contributed by atoms with Crippen LogP contribution in [0.25, 0.3) is 0 Å². The number of unbranched alkanes of at least 4 members (excludes halogenated alkanes) is 1. The van der Waals surface area contributed by atoms with Crippen LogP contribution in [0.4, 0.5) is 10.1 Å². The molecule has 2 heterocycles. The average molecular weight is 539 g/mol. The summed E-state index contributed by atoms with van der Waals surface area (Å²) in [6, 6.07) is 17.1. The molecule has 0 spiro atoms. The highest BCUT2D eigenvalue weighted by Crippen LogP contribution is 2.26. The number of rotatable bonds is 10. The minimum absolute atomic E-state index is 0.249. The number of carbonyl (C=O) groups is 2. The molecule has 0 amide bonds. The van der Waals surface area contributed by atoms with Gasteiger partial charge in [0.15, 0.2) is 11.5 Å². The lowest BCUT2D eigenvalue weighted by Crippen LogP contribution is -2.46. The summed E-state index contributed by atoms with van der Waals surface area (Å²) in [5.74, 6) is -2.06. The van der Waals surface area contributed by atoms with E-state index in [0.29, 0.717) is 24.6 Å². The number of ether oxygens (including phenoxy) is 1. The van der Waals surface area contributed by atoms with Crippen molar-refractivity contribution < 1.29 is 28.9 Å². The quantitative estimate of drug-likeness (QED) is 0.309. The Morgan fingerprint density at radius 1 is 1.00 bits per heavy atom. The molecule has 1 unspecified atom stereocenters. The molecule has 208 valence electrons. The summed E-state index contributed by atoms with van der Waals surface area (Å²) in [7, 11) is 0. The van der Waals surface area contributed by atoms with E-state index in [0.717, 1.165) is 51.1 Å². The smallest absolute Gasteiger partial charge is 0.328 e. The largest absolute Gasteiger partial charge is 0.479 e. The number of nitrogens with one attached hydrogen (secondary N) is 1. The molecule has 9 nitrogen and oxygen atoms in total. The Labute approximate surface area is 227 Å². The molecular weight excluding hydrogens is 503 g/mol. The molecule has 1 fully saturated rings. The molecule has 4 rings (SSSR count). The van der Waals surface area contributed by atoms with Gasteiger partial charge in [0.1, 0.15) is 5.82 Å². The monoisotopic (exact) mass is 538 g/mol. The molecule has 0 aromatic heterocycles. The van der Waals surface area contributed by atoms with Crippen molar-refractivity contribution in [2.24, 2.45) is 4.99 Å². The summed E-state index contributed by atoms with van der Waals surface area (Å²) in [5, 5.41) is 19.0. The molecule has 0 bridgehead atoms. The van der Waals surface area contributed by atoms with Gasteiger partial charge in [0, 0.05) is 56.3 Å². The lowest BCUT2D eigenvalue weighted by molar-refractivity contribution is -0.134. The maximum Gasteiger partial charge on any atom is 0.328 e. The molecule has 2 aromatic rings. The van der Waals surface area contributed by atoms with Crippen molar-refractivity contribution >= 4 is 23.8 Å². The first kappa shape index (κ1) is 29.4. The molecule has 3 N–H and O–H groups in total. The van der Waals surface area contributed by atoms with E-state index in [1.165, 1.54) is 17.8 Å². The molecule has 10 heteroatoms. The summed E-state index contributed by atoms with van der Waals surface area (Å²) in [4.78, 5) is 28.6. The fraction of sp³-hybridized carbons (Fsp3) is 0.345. The molecule has 1 atom stereocenters. The zero-order chi connectivity index (χ0) is 28.1. The maximum atomic E-state index is 13.2. The van der Waals surface area contributed by atoms with Gasteiger partial charge in [-0.25, -0.2) is 14.0 Å². The number of anilines is 1.